The molecule has 0 unspecified atom stereocenters. The summed E-state index contributed by atoms with van der Waals surface area (Å²) in [6.45, 7) is 0.552. The lowest BCUT2D eigenvalue weighted by molar-refractivity contribution is 0.486. The highest BCUT2D eigenvalue weighted by molar-refractivity contribution is 5.76. The van der Waals surface area contributed by atoms with Crippen molar-refractivity contribution < 1.29 is 0 Å². The smallest absolute Gasteiger partial charge is 0.277 e. The molecule has 0 saturated heterocycles. The summed E-state index contributed by atoms with van der Waals surface area (Å²) in [4.78, 5) is 23.9. The monoisotopic (exact) mass is 283 g/mol. The second kappa shape index (κ2) is 5.20. The van der Waals surface area contributed by atoms with Gasteiger partial charge in [-0.3, -0.25) is 9.59 Å². The van der Waals surface area contributed by atoms with E-state index in [0.717, 1.165) is 0 Å². The fourth-order valence-electron chi connectivity index (χ4n) is 2.10. The van der Waals surface area contributed by atoms with Gasteiger partial charge in [0, 0.05) is 24.5 Å². The van der Waals surface area contributed by atoms with E-state index < -0.39 is 0 Å². The maximum Gasteiger partial charge on any atom is 0.277 e. The largest absolute Gasteiger partial charge is 0.398 e. The van der Waals surface area contributed by atoms with E-state index in [1.165, 1.54) is 15.3 Å². The topological polar surface area (TPSA) is 95.8 Å². The molecule has 0 saturated carbocycles. The molecule has 3 aromatic rings. The van der Waals surface area contributed by atoms with Gasteiger partial charge in [0.05, 0.1) is 11.9 Å². The highest BCUT2D eigenvalue weighted by atomic mass is 16.1. The number of hydrogen-bond acceptors (Lipinski definition) is 5. The Morgan fingerprint density at radius 2 is 1.86 bits per heavy atom. The minimum Gasteiger partial charge on any atom is -0.398 e. The third kappa shape index (κ3) is 2.53. The number of fused-ring (bicyclic) bond motifs is 1. The number of aryl methyl sites for hydroxylation is 2. The Bertz CT molecular complexity index is 913. The molecule has 2 N–H and O–H groups in total. The van der Waals surface area contributed by atoms with Crippen molar-refractivity contribution in [2.45, 2.75) is 13.1 Å². The summed E-state index contributed by atoms with van der Waals surface area (Å²) in [5.74, 6) is 0. The molecule has 1 aromatic carbocycles. The number of anilines is 1. The highest BCUT2D eigenvalue weighted by Gasteiger charge is 2.05. The fraction of sp³-hybridized carbons (Fsp3) is 0.143. The number of nitrogen functional groups attached to an aromatic ring is 1. The predicted octanol–water partition coefficient (Wildman–Crippen LogP) is 0.236. The second-order valence-electron chi connectivity index (χ2n) is 4.63. The van der Waals surface area contributed by atoms with Crippen LogP contribution < -0.4 is 16.9 Å². The Morgan fingerprint density at radius 1 is 1.05 bits per heavy atom. The zero-order valence-corrected chi connectivity index (χ0v) is 11.1. The second-order valence-corrected chi connectivity index (χ2v) is 4.63. The van der Waals surface area contributed by atoms with Crippen molar-refractivity contribution >= 4 is 16.6 Å². The number of rotatable bonds is 3. The molecule has 0 aliphatic carbocycles. The molecule has 0 radical (unpaired) electrons. The van der Waals surface area contributed by atoms with Crippen molar-refractivity contribution in [1.82, 2.24) is 19.6 Å². The van der Waals surface area contributed by atoms with Crippen LogP contribution in [0.3, 0.4) is 0 Å². The van der Waals surface area contributed by atoms with Crippen molar-refractivity contribution in [1.29, 1.82) is 0 Å². The summed E-state index contributed by atoms with van der Waals surface area (Å²) in [5.41, 5.74) is 6.29. The van der Waals surface area contributed by atoms with E-state index in [1.54, 1.807) is 36.5 Å². The SMILES string of the molecule is Nc1ccc(=O)n(CCn2nnc3ccccc3c2=O)c1. The molecule has 106 valence electrons. The van der Waals surface area contributed by atoms with E-state index in [2.05, 4.69) is 10.3 Å². The van der Waals surface area contributed by atoms with Gasteiger partial charge in [0.15, 0.2) is 0 Å². The average molecular weight is 283 g/mol. The molecule has 0 fully saturated rings. The summed E-state index contributed by atoms with van der Waals surface area (Å²) in [6, 6.07) is 9.95. The molecule has 7 nitrogen and oxygen atoms in total. The van der Waals surface area contributed by atoms with Crippen molar-refractivity contribution in [3.63, 3.8) is 0 Å². The van der Waals surface area contributed by atoms with Crippen LogP contribution >= 0.6 is 0 Å². The lowest BCUT2D eigenvalue weighted by Crippen LogP contribution is -2.29. The van der Waals surface area contributed by atoms with Gasteiger partial charge in [-0.1, -0.05) is 17.3 Å². The van der Waals surface area contributed by atoms with Crippen LogP contribution in [-0.4, -0.2) is 19.6 Å². The van der Waals surface area contributed by atoms with E-state index >= 15 is 0 Å². The third-order valence-corrected chi connectivity index (χ3v) is 3.19. The van der Waals surface area contributed by atoms with Crippen LogP contribution in [0.5, 0.6) is 0 Å². The zero-order valence-electron chi connectivity index (χ0n) is 11.1. The Morgan fingerprint density at radius 3 is 2.71 bits per heavy atom. The molecular weight excluding hydrogens is 270 g/mol. The van der Waals surface area contributed by atoms with E-state index in [4.69, 9.17) is 5.73 Å². The third-order valence-electron chi connectivity index (χ3n) is 3.19. The Hall–Kier alpha value is -2.96. The van der Waals surface area contributed by atoms with Gasteiger partial charge in [0.2, 0.25) is 0 Å². The molecule has 21 heavy (non-hydrogen) atoms. The Balaban J connectivity index is 1.92. The minimum absolute atomic E-state index is 0.175. The normalized spacial score (nSPS) is 10.9. The first kappa shape index (κ1) is 13.0. The van der Waals surface area contributed by atoms with Crippen molar-refractivity contribution in [3.05, 3.63) is 63.3 Å². The van der Waals surface area contributed by atoms with Crippen LogP contribution in [-0.2, 0) is 13.1 Å². The number of pyridine rings is 1. The maximum absolute atomic E-state index is 12.2. The van der Waals surface area contributed by atoms with Crippen LogP contribution in [0.15, 0.2) is 52.2 Å². The summed E-state index contributed by atoms with van der Waals surface area (Å²) in [6.07, 6.45) is 1.54. The molecular formula is C14H13N5O2. The molecule has 3 rings (SSSR count). The van der Waals surface area contributed by atoms with Crippen LogP contribution in [0.1, 0.15) is 0 Å². The lowest BCUT2D eigenvalue weighted by Gasteiger charge is -2.07. The van der Waals surface area contributed by atoms with Gasteiger partial charge in [-0.25, -0.2) is 4.68 Å². The van der Waals surface area contributed by atoms with Gasteiger partial charge in [-0.05, 0) is 18.2 Å². The number of nitrogens with zero attached hydrogens (tertiary/aromatic N) is 4. The number of benzene rings is 1. The Kier molecular flexibility index (Phi) is 3.23. The highest BCUT2D eigenvalue weighted by Crippen LogP contribution is 2.03. The molecule has 0 bridgehead atoms. The molecule has 0 amide bonds. The summed E-state index contributed by atoms with van der Waals surface area (Å²) < 4.78 is 2.69. The summed E-state index contributed by atoms with van der Waals surface area (Å²) in [7, 11) is 0. The lowest BCUT2D eigenvalue weighted by atomic mass is 10.2. The molecule has 0 spiro atoms. The van der Waals surface area contributed by atoms with Gasteiger partial charge >= 0.3 is 0 Å². The van der Waals surface area contributed by atoms with Gasteiger partial charge in [-0.15, -0.1) is 5.10 Å². The van der Waals surface area contributed by atoms with Gasteiger partial charge in [-0.2, -0.15) is 0 Å². The maximum atomic E-state index is 12.2. The van der Waals surface area contributed by atoms with Crippen molar-refractivity contribution in [2.24, 2.45) is 0 Å². The van der Waals surface area contributed by atoms with E-state index in [0.29, 0.717) is 23.1 Å². The standard InChI is InChI=1S/C14H13N5O2/c15-10-5-6-13(20)18(9-10)7-8-19-14(21)11-3-1-2-4-12(11)16-17-19/h1-6,9H,7-8,15H2. The number of aromatic nitrogens is 4. The first-order valence-electron chi connectivity index (χ1n) is 6.44. The number of hydrogen-bond donors (Lipinski definition) is 1. The zero-order chi connectivity index (χ0) is 14.8. The summed E-state index contributed by atoms with van der Waals surface area (Å²) >= 11 is 0. The van der Waals surface area contributed by atoms with Crippen molar-refractivity contribution in [2.75, 3.05) is 5.73 Å². The van der Waals surface area contributed by atoms with Gasteiger partial charge in [0.1, 0.15) is 5.52 Å². The predicted molar refractivity (Wildman–Crippen MR) is 78.9 cm³/mol. The van der Waals surface area contributed by atoms with Crippen LogP contribution in [0.2, 0.25) is 0 Å². The average Bonchev–Trinajstić information content (AvgIpc) is 2.50. The van der Waals surface area contributed by atoms with Crippen LogP contribution in [0.25, 0.3) is 10.9 Å². The first-order valence-corrected chi connectivity index (χ1v) is 6.44. The minimum atomic E-state index is -0.224. The van der Waals surface area contributed by atoms with Crippen LogP contribution in [0.4, 0.5) is 5.69 Å². The van der Waals surface area contributed by atoms with E-state index in [-0.39, 0.29) is 17.7 Å². The van der Waals surface area contributed by atoms with Crippen LogP contribution in [0, 0.1) is 0 Å². The number of nitrogens with two attached hydrogens (primary N) is 1. The van der Waals surface area contributed by atoms with Gasteiger partial charge < -0.3 is 10.3 Å². The molecule has 0 aliphatic rings. The molecule has 7 heteroatoms. The van der Waals surface area contributed by atoms with Gasteiger partial charge in [0.25, 0.3) is 11.1 Å². The van der Waals surface area contributed by atoms with Crippen molar-refractivity contribution in [3.8, 4) is 0 Å². The molecule has 2 heterocycles. The fourth-order valence-corrected chi connectivity index (χ4v) is 2.10. The summed E-state index contributed by atoms with van der Waals surface area (Å²) in [5, 5.41) is 8.38. The molecule has 0 atom stereocenters. The van der Waals surface area contributed by atoms with E-state index in [1.807, 2.05) is 0 Å². The first-order chi connectivity index (χ1) is 10.1. The Labute approximate surface area is 119 Å². The quantitative estimate of drug-likeness (QED) is 0.742. The molecule has 0 aliphatic heterocycles. The molecule has 2 aromatic heterocycles. The van der Waals surface area contributed by atoms with E-state index in [9.17, 15) is 9.59 Å².